The zero-order valence-electron chi connectivity index (χ0n) is 9.32. The first-order valence-electron chi connectivity index (χ1n) is 4.72. The van der Waals surface area contributed by atoms with Crippen LogP contribution in [0.1, 0.15) is 54.4 Å². The minimum atomic E-state index is -0.132. The molecule has 0 bridgehead atoms. The minimum Gasteiger partial charge on any atom is -0.299 e. The molecule has 72 valence electrons. The molecule has 0 aliphatic rings. The van der Waals surface area contributed by atoms with Gasteiger partial charge in [0.1, 0.15) is 5.78 Å². The molecule has 1 nitrogen and oxygen atoms in total. The number of carbonyl (C=O) groups excluding carboxylic acids is 1. The molecule has 12 heavy (non-hydrogen) atoms. The summed E-state index contributed by atoms with van der Waals surface area (Å²) in [5.74, 6) is 0.387. The molecule has 0 aliphatic carbocycles. The van der Waals surface area contributed by atoms with E-state index < -0.39 is 0 Å². The summed E-state index contributed by atoms with van der Waals surface area (Å²) in [6.07, 6.45) is 1.62. The molecule has 0 saturated carbocycles. The summed E-state index contributed by atoms with van der Waals surface area (Å²) in [4.78, 5) is 11.7. The van der Waals surface area contributed by atoms with Crippen molar-refractivity contribution in [3.8, 4) is 0 Å². The van der Waals surface area contributed by atoms with Gasteiger partial charge in [-0.3, -0.25) is 4.79 Å². The molecule has 0 unspecified atom stereocenters. The molecule has 0 saturated heterocycles. The second-order valence-corrected chi connectivity index (χ2v) is 5.40. The maximum atomic E-state index is 11.7. The fraction of sp³-hybridized carbons (Fsp3) is 0.909. The van der Waals surface area contributed by atoms with Gasteiger partial charge in [-0.05, 0) is 11.8 Å². The second-order valence-electron chi connectivity index (χ2n) is 5.40. The van der Waals surface area contributed by atoms with E-state index in [1.54, 1.807) is 0 Å². The van der Waals surface area contributed by atoms with Crippen molar-refractivity contribution in [2.24, 2.45) is 10.8 Å². The summed E-state index contributed by atoms with van der Waals surface area (Å²) in [6, 6.07) is 0. The van der Waals surface area contributed by atoms with Crippen molar-refractivity contribution in [3.63, 3.8) is 0 Å². The zero-order valence-corrected chi connectivity index (χ0v) is 9.32. The normalized spacial score (nSPS) is 13.2. The van der Waals surface area contributed by atoms with Gasteiger partial charge >= 0.3 is 0 Å². The van der Waals surface area contributed by atoms with Crippen molar-refractivity contribution in [1.82, 2.24) is 0 Å². The lowest BCUT2D eigenvalue weighted by molar-refractivity contribution is -0.129. The average molecular weight is 170 g/mol. The molecule has 0 atom stereocenters. The Morgan fingerprint density at radius 3 is 1.75 bits per heavy atom. The summed E-state index contributed by atoms with van der Waals surface area (Å²) in [6.45, 7) is 12.5. The fourth-order valence-electron chi connectivity index (χ4n) is 0.918. The summed E-state index contributed by atoms with van der Waals surface area (Å²) >= 11 is 0. The smallest absolute Gasteiger partial charge is 0.138 e. The third-order valence-corrected chi connectivity index (χ3v) is 2.33. The van der Waals surface area contributed by atoms with Gasteiger partial charge in [0.05, 0.1) is 0 Å². The predicted octanol–water partition coefficient (Wildman–Crippen LogP) is 3.43. The Labute approximate surface area is 76.6 Å². The van der Waals surface area contributed by atoms with Crippen molar-refractivity contribution in [2.75, 3.05) is 0 Å². The first kappa shape index (κ1) is 11.7. The molecular formula is C11H22O. The summed E-state index contributed by atoms with van der Waals surface area (Å²) in [7, 11) is 0. The maximum Gasteiger partial charge on any atom is 0.138 e. The number of ketones is 1. The van der Waals surface area contributed by atoms with Crippen molar-refractivity contribution >= 4 is 5.78 Å². The van der Waals surface area contributed by atoms with Crippen LogP contribution in [0.15, 0.2) is 0 Å². The van der Waals surface area contributed by atoms with E-state index in [1.807, 2.05) is 13.8 Å². The Bertz CT molecular complexity index is 160. The number of rotatable bonds is 3. The lowest BCUT2D eigenvalue weighted by Crippen LogP contribution is -2.27. The Kier molecular flexibility index (Phi) is 3.49. The van der Waals surface area contributed by atoms with Gasteiger partial charge in [-0.1, -0.05) is 41.5 Å². The number of hydrogen-bond acceptors (Lipinski definition) is 1. The van der Waals surface area contributed by atoms with Gasteiger partial charge < -0.3 is 0 Å². The molecule has 0 radical (unpaired) electrons. The Morgan fingerprint density at radius 1 is 1.08 bits per heavy atom. The van der Waals surface area contributed by atoms with Crippen LogP contribution in [0.4, 0.5) is 0 Å². The molecule has 0 aromatic rings. The largest absolute Gasteiger partial charge is 0.299 e. The molecule has 0 rings (SSSR count). The highest BCUT2D eigenvalue weighted by Crippen LogP contribution is 2.29. The summed E-state index contributed by atoms with van der Waals surface area (Å²) < 4.78 is 0. The molecule has 0 heterocycles. The van der Waals surface area contributed by atoms with Crippen molar-refractivity contribution in [3.05, 3.63) is 0 Å². The molecule has 0 aliphatic heterocycles. The van der Waals surface area contributed by atoms with Gasteiger partial charge in [0.15, 0.2) is 0 Å². The topological polar surface area (TPSA) is 17.1 Å². The molecule has 0 fully saturated rings. The van der Waals surface area contributed by atoms with Crippen LogP contribution in [0.2, 0.25) is 0 Å². The van der Waals surface area contributed by atoms with E-state index in [0.29, 0.717) is 12.2 Å². The lowest BCUT2D eigenvalue weighted by Gasteiger charge is -2.26. The first-order valence-corrected chi connectivity index (χ1v) is 4.72. The van der Waals surface area contributed by atoms with Gasteiger partial charge in [-0.25, -0.2) is 0 Å². The number of Topliss-reactive ketones (excluding diaryl/α,β-unsaturated/α-hetero) is 1. The highest BCUT2D eigenvalue weighted by Gasteiger charge is 2.28. The molecule has 0 aromatic carbocycles. The van der Waals surface area contributed by atoms with Crippen molar-refractivity contribution in [1.29, 1.82) is 0 Å². The SMILES string of the molecule is CCC(C)(C)C(=O)CC(C)(C)C. The number of hydrogen-bond donors (Lipinski definition) is 0. The monoisotopic (exact) mass is 170 g/mol. The number of carbonyl (C=O) groups is 1. The van der Waals surface area contributed by atoms with Crippen LogP contribution < -0.4 is 0 Å². The van der Waals surface area contributed by atoms with Gasteiger partial charge in [0.25, 0.3) is 0 Å². The predicted molar refractivity (Wildman–Crippen MR) is 53.2 cm³/mol. The third-order valence-electron chi connectivity index (χ3n) is 2.33. The Hall–Kier alpha value is -0.330. The van der Waals surface area contributed by atoms with Gasteiger partial charge in [0.2, 0.25) is 0 Å². The molecule has 0 amide bonds. The van der Waals surface area contributed by atoms with E-state index in [1.165, 1.54) is 0 Å². The third kappa shape index (κ3) is 3.89. The van der Waals surface area contributed by atoms with E-state index >= 15 is 0 Å². The standard InChI is InChI=1S/C11H22O/c1-7-11(5,6)9(12)8-10(2,3)4/h7-8H2,1-6H3. The van der Waals surface area contributed by atoms with E-state index in [-0.39, 0.29) is 10.8 Å². The van der Waals surface area contributed by atoms with Gasteiger partial charge in [-0.15, -0.1) is 0 Å². The van der Waals surface area contributed by atoms with Crippen LogP contribution in [0.3, 0.4) is 0 Å². The van der Waals surface area contributed by atoms with E-state index in [9.17, 15) is 4.79 Å². The van der Waals surface area contributed by atoms with Crippen LogP contribution in [-0.4, -0.2) is 5.78 Å². The molecular weight excluding hydrogens is 148 g/mol. The van der Waals surface area contributed by atoms with Crippen LogP contribution in [0.25, 0.3) is 0 Å². The highest BCUT2D eigenvalue weighted by atomic mass is 16.1. The van der Waals surface area contributed by atoms with E-state index in [0.717, 1.165) is 6.42 Å². The molecule has 0 spiro atoms. The van der Waals surface area contributed by atoms with Gasteiger partial charge in [-0.2, -0.15) is 0 Å². The molecule has 1 heteroatoms. The zero-order chi connectivity index (χ0) is 9.99. The second kappa shape index (κ2) is 3.59. The lowest BCUT2D eigenvalue weighted by atomic mass is 9.77. The van der Waals surface area contributed by atoms with E-state index in [2.05, 4.69) is 27.7 Å². The Balaban J connectivity index is 4.23. The summed E-state index contributed by atoms with van der Waals surface area (Å²) in [5.41, 5.74) is -0.00317. The Morgan fingerprint density at radius 2 is 1.50 bits per heavy atom. The van der Waals surface area contributed by atoms with Crippen LogP contribution in [-0.2, 0) is 4.79 Å². The molecule has 0 aromatic heterocycles. The maximum absolute atomic E-state index is 11.7. The van der Waals surface area contributed by atoms with Crippen LogP contribution >= 0.6 is 0 Å². The summed E-state index contributed by atoms with van der Waals surface area (Å²) in [5, 5.41) is 0. The quantitative estimate of drug-likeness (QED) is 0.634. The first-order chi connectivity index (χ1) is 5.19. The van der Waals surface area contributed by atoms with Crippen molar-refractivity contribution < 1.29 is 4.79 Å². The minimum absolute atomic E-state index is 0.128. The average Bonchev–Trinajstić information content (AvgIpc) is 1.84. The van der Waals surface area contributed by atoms with Crippen LogP contribution in [0, 0.1) is 10.8 Å². The fourth-order valence-corrected chi connectivity index (χ4v) is 0.918. The van der Waals surface area contributed by atoms with Crippen molar-refractivity contribution in [2.45, 2.75) is 54.4 Å². The molecule has 0 N–H and O–H groups in total. The van der Waals surface area contributed by atoms with Gasteiger partial charge in [0, 0.05) is 11.8 Å². The van der Waals surface area contributed by atoms with E-state index in [4.69, 9.17) is 0 Å². The van der Waals surface area contributed by atoms with Crippen LogP contribution in [0.5, 0.6) is 0 Å². The highest BCUT2D eigenvalue weighted by molar-refractivity contribution is 5.84.